The first kappa shape index (κ1) is 11.7. The van der Waals surface area contributed by atoms with E-state index in [4.69, 9.17) is 5.11 Å². The van der Waals surface area contributed by atoms with Crippen LogP contribution in [0.3, 0.4) is 0 Å². The predicted molar refractivity (Wildman–Crippen MR) is 55.5 cm³/mol. The third kappa shape index (κ3) is 3.36. The lowest BCUT2D eigenvalue weighted by molar-refractivity contribution is -0.139. The molecule has 84 valence electrons. The number of hydrogen-bond acceptors (Lipinski definition) is 3. The summed E-state index contributed by atoms with van der Waals surface area (Å²) in [4.78, 5) is 25.5. The van der Waals surface area contributed by atoms with E-state index in [1.54, 1.807) is 11.8 Å². The van der Waals surface area contributed by atoms with Crippen molar-refractivity contribution in [1.29, 1.82) is 0 Å². The first-order chi connectivity index (χ1) is 7.00. The maximum atomic E-state index is 11.5. The molecule has 0 radical (unpaired) electrons. The number of nitrogens with zero attached hydrogens (tertiary/aromatic N) is 2. The van der Waals surface area contributed by atoms with Crippen molar-refractivity contribution in [1.82, 2.24) is 9.80 Å². The predicted octanol–water partition coefficient (Wildman–Crippen LogP) is -0.209. The molecule has 0 atom stereocenters. The molecule has 0 aromatic carbocycles. The van der Waals surface area contributed by atoms with Crippen LogP contribution < -0.4 is 0 Å². The molecule has 1 rings (SSSR count). The Morgan fingerprint density at radius 2 is 1.80 bits per heavy atom. The van der Waals surface area contributed by atoms with Gasteiger partial charge in [0.1, 0.15) is 0 Å². The summed E-state index contributed by atoms with van der Waals surface area (Å²) in [6.45, 7) is 7.73. The minimum absolute atomic E-state index is 0.0371. The van der Waals surface area contributed by atoms with Crippen molar-refractivity contribution in [2.45, 2.75) is 6.92 Å². The molecule has 1 amide bonds. The molecule has 1 heterocycles. The van der Waals surface area contributed by atoms with Crippen LogP contribution in [0.25, 0.3) is 0 Å². The molecule has 1 aliphatic heterocycles. The van der Waals surface area contributed by atoms with Gasteiger partial charge in [-0.15, -0.1) is 0 Å². The highest BCUT2D eigenvalue weighted by molar-refractivity contribution is 5.92. The minimum atomic E-state index is -0.824. The number of hydrogen-bond donors (Lipinski definition) is 1. The lowest BCUT2D eigenvalue weighted by Gasteiger charge is -2.33. The van der Waals surface area contributed by atoms with Gasteiger partial charge < -0.3 is 10.0 Å². The molecular weight excluding hydrogens is 196 g/mol. The summed E-state index contributed by atoms with van der Waals surface area (Å²) >= 11 is 0. The lowest BCUT2D eigenvalue weighted by atomic mass is 10.2. The molecular formula is C10H16N2O3. The van der Waals surface area contributed by atoms with Crippen molar-refractivity contribution in [2.24, 2.45) is 0 Å². The van der Waals surface area contributed by atoms with Crippen LogP contribution in [0.2, 0.25) is 0 Å². The third-order valence-corrected chi connectivity index (χ3v) is 2.38. The Hall–Kier alpha value is -1.36. The van der Waals surface area contributed by atoms with Crippen LogP contribution in [0.4, 0.5) is 0 Å². The van der Waals surface area contributed by atoms with Gasteiger partial charge in [0.05, 0.1) is 6.54 Å². The summed E-state index contributed by atoms with van der Waals surface area (Å²) < 4.78 is 0. The van der Waals surface area contributed by atoms with Gasteiger partial charge in [-0.3, -0.25) is 14.5 Å². The van der Waals surface area contributed by atoms with E-state index in [1.165, 1.54) is 0 Å². The summed E-state index contributed by atoms with van der Waals surface area (Å²) in [5, 5.41) is 8.59. The molecule has 5 nitrogen and oxygen atoms in total. The molecule has 1 aliphatic rings. The molecule has 0 aromatic heterocycles. The number of carbonyl (C=O) groups excluding carboxylic acids is 1. The maximum absolute atomic E-state index is 11.5. The number of aliphatic carboxylic acids is 1. The van der Waals surface area contributed by atoms with Crippen LogP contribution in [0, 0.1) is 0 Å². The van der Waals surface area contributed by atoms with Crippen LogP contribution in [0.5, 0.6) is 0 Å². The fourth-order valence-electron chi connectivity index (χ4n) is 1.57. The monoisotopic (exact) mass is 212 g/mol. The summed E-state index contributed by atoms with van der Waals surface area (Å²) in [7, 11) is 0. The highest BCUT2D eigenvalue weighted by atomic mass is 16.4. The SMILES string of the molecule is C=C(C)C(=O)N1CCN(CC(=O)O)CC1. The van der Waals surface area contributed by atoms with Crippen LogP contribution >= 0.6 is 0 Å². The first-order valence-corrected chi connectivity index (χ1v) is 4.89. The van der Waals surface area contributed by atoms with Crippen molar-refractivity contribution in [3.05, 3.63) is 12.2 Å². The minimum Gasteiger partial charge on any atom is -0.480 e. The molecule has 0 aromatic rings. The zero-order chi connectivity index (χ0) is 11.4. The van der Waals surface area contributed by atoms with Crippen LogP contribution in [-0.2, 0) is 9.59 Å². The normalized spacial score (nSPS) is 17.5. The Morgan fingerprint density at radius 1 is 1.27 bits per heavy atom. The zero-order valence-corrected chi connectivity index (χ0v) is 8.90. The van der Waals surface area contributed by atoms with Crippen molar-refractivity contribution < 1.29 is 14.7 Å². The Kier molecular flexibility index (Phi) is 3.85. The van der Waals surface area contributed by atoms with Crippen molar-refractivity contribution in [3.63, 3.8) is 0 Å². The molecule has 0 bridgehead atoms. The van der Waals surface area contributed by atoms with Gasteiger partial charge in [0.25, 0.3) is 0 Å². The maximum Gasteiger partial charge on any atom is 0.317 e. The van der Waals surface area contributed by atoms with Crippen LogP contribution in [0.1, 0.15) is 6.92 Å². The third-order valence-electron chi connectivity index (χ3n) is 2.38. The van der Waals surface area contributed by atoms with Crippen molar-refractivity contribution in [3.8, 4) is 0 Å². The van der Waals surface area contributed by atoms with E-state index in [1.807, 2.05) is 4.90 Å². The van der Waals surface area contributed by atoms with E-state index < -0.39 is 5.97 Å². The molecule has 1 N–H and O–H groups in total. The average molecular weight is 212 g/mol. The van der Waals surface area contributed by atoms with Gasteiger partial charge in [0.15, 0.2) is 0 Å². The standard InChI is InChI=1S/C10H16N2O3/c1-8(2)10(15)12-5-3-11(4-6-12)7-9(13)14/h1,3-7H2,2H3,(H,13,14). The number of rotatable bonds is 3. The quantitative estimate of drug-likeness (QED) is 0.658. The van der Waals surface area contributed by atoms with E-state index in [0.717, 1.165) is 0 Å². The molecule has 0 saturated carbocycles. The second-order valence-corrected chi connectivity index (χ2v) is 3.74. The van der Waals surface area contributed by atoms with Gasteiger partial charge >= 0.3 is 5.97 Å². The highest BCUT2D eigenvalue weighted by Gasteiger charge is 2.22. The van der Waals surface area contributed by atoms with Gasteiger partial charge in [-0.05, 0) is 6.92 Å². The second-order valence-electron chi connectivity index (χ2n) is 3.74. The van der Waals surface area contributed by atoms with Gasteiger partial charge in [0, 0.05) is 31.8 Å². The molecule has 0 aliphatic carbocycles. The Balaban J connectivity index is 2.39. The molecule has 15 heavy (non-hydrogen) atoms. The van der Waals surface area contributed by atoms with E-state index >= 15 is 0 Å². The molecule has 0 unspecified atom stereocenters. The van der Waals surface area contributed by atoms with Gasteiger partial charge in [-0.1, -0.05) is 6.58 Å². The topological polar surface area (TPSA) is 60.9 Å². The van der Waals surface area contributed by atoms with Crippen LogP contribution in [0.15, 0.2) is 12.2 Å². The number of carbonyl (C=O) groups is 2. The molecule has 5 heteroatoms. The largest absolute Gasteiger partial charge is 0.480 e. The van der Waals surface area contributed by atoms with Gasteiger partial charge in [0.2, 0.25) is 5.91 Å². The van der Waals surface area contributed by atoms with Gasteiger partial charge in [-0.2, -0.15) is 0 Å². The lowest BCUT2D eigenvalue weighted by Crippen LogP contribution is -2.50. The summed E-state index contributed by atoms with van der Waals surface area (Å²) in [6, 6.07) is 0. The molecule has 0 spiro atoms. The summed E-state index contributed by atoms with van der Waals surface area (Å²) in [6.07, 6.45) is 0. The smallest absolute Gasteiger partial charge is 0.317 e. The number of amides is 1. The van der Waals surface area contributed by atoms with Gasteiger partial charge in [-0.25, -0.2) is 0 Å². The van der Waals surface area contributed by atoms with E-state index in [-0.39, 0.29) is 12.5 Å². The molecule has 1 fully saturated rings. The fraction of sp³-hybridized carbons (Fsp3) is 0.600. The number of carboxylic acids is 1. The van der Waals surface area contributed by atoms with E-state index in [0.29, 0.717) is 31.8 Å². The first-order valence-electron chi connectivity index (χ1n) is 4.89. The number of piperazine rings is 1. The second kappa shape index (κ2) is 4.93. The summed E-state index contributed by atoms with van der Waals surface area (Å²) in [5.41, 5.74) is 0.529. The van der Waals surface area contributed by atoms with Crippen LogP contribution in [-0.4, -0.2) is 59.5 Å². The van der Waals surface area contributed by atoms with Crippen molar-refractivity contribution in [2.75, 3.05) is 32.7 Å². The average Bonchev–Trinajstić information content (AvgIpc) is 2.17. The Labute approximate surface area is 89.0 Å². The fourth-order valence-corrected chi connectivity index (χ4v) is 1.57. The molecule has 1 saturated heterocycles. The van der Waals surface area contributed by atoms with E-state index in [9.17, 15) is 9.59 Å². The summed E-state index contributed by atoms with van der Waals surface area (Å²) in [5.74, 6) is -0.861. The number of carboxylic acid groups (broad SMARTS) is 1. The van der Waals surface area contributed by atoms with E-state index in [2.05, 4.69) is 6.58 Å². The van der Waals surface area contributed by atoms with Crippen molar-refractivity contribution >= 4 is 11.9 Å². The Morgan fingerprint density at radius 3 is 2.20 bits per heavy atom. The zero-order valence-electron chi connectivity index (χ0n) is 8.90. The highest BCUT2D eigenvalue weighted by Crippen LogP contribution is 2.05. The Bertz CT molecular complexity index is 280.